The van der Waals surface area contributed by atoms with Crippen molar-refractivity contribution in [3.8, 4) is 5.75 Å². The Morgan fingerprint density at radius 1 is 1.47 bits per heavy atom. The monoisotopic (exact) mass is 266 g/mol. The van der Waals surface area contributed by atoms with E-state index in [4.69, 9.17) is 0 Å². The number of phenolic OH excluding ortho intramolecular Hbond substituents is 1. The van der Waals surface area contributed by atoms with E-state index in [9.17, 15) is 9.90 Å². The van der Waals surface area contributed by atoms with Crippen molar-refractivity contribution >= 4 is 34.1 Å². The highest BCUT2D eigenvalue weighted by Crippen LogP contribution is 2.27. The van der Waals surface area contributed by atoms with Gasteiger partial charge >= 0.3 is 0 Å². The molecule has 2 aromatic rings. The van der Waals surface area contributed by atoms with Crippen molar-refractivity contribution in [1.29, 1.82) is 0 Å². The Bertz CT molecular complexity index is 500. The van der Waals surface area contributed by atoms with Crippen LogP contribution in [0.15, 0.2) is 40.7 Å². The van der Waals surface area contributed by atoms with E-state index in [1.807, 2.05) is 6.07 Å². The fourth-order valence-electron chi connectivity index (χ4n) is 1.16. The van der Waals surface area contributed by atoms with Crippen molar-refractivity contribution in [3.63, 3.8) is 0 Å². The summed E-state index contributed by atoms with van der Waals surface area (Å²) in [5.74, 6) is 0.310. The molecule has 0 bridgehead atoms. The van der Waals surface area contributed by atoms with Crippen LogP contribution in [-0.4, -0.2) is 21.8 Å². The first-order chi connectivity index (χ1) is 8.25. The Kier molecular flexibility index (Phi) is 4.00. The Labute approximate surface area is 107 Å². The van der Waals surface area contributed by atoms with E-state index >= 15 is 0 Å². The largest absolute Gasteiger partial charge is 0.507 e. The molecule has 0 atom stereocenters. The molecule has 0 unspecified atom stereocenters. The highest BCUT2D eigenvalue weighted by Gasteiger charge is 2.07. The lowest BCUT2D eigenvalue weighted by atomic mass is 10.3. The number of amides is 1. The molecule has 0 saturated carbocycles. The summed E-state index contributed by atoms with van der Waals surface area (Å²) in [5.41, 5.74) is 0. The quantitative estimate of drug-likeness (QED) is 0.835. The van der Waals surface area contributed by atoms with Gasteiger partial charge in [-0.2, -0.15) is 0 Å². The molecule has 0 spiro atoms. The average molecular weight is 266 g/mol. The smallest absolute Gasteiger partial charge is 0.236 e. The molecule has 6 heteroatoms. The number of rotatable bonds is 4. The molecule has 4 nitrogen and oxygen atoms in total. The van der Waals surface area contributed by atoms with Crippen LogP contribution in [0.2, 0.25) is 0 Å². The molecule has 1 aromatic heterocycles. The summed E-state index contributed by atoms with van der Waals surface area (Å²) >= 11 is 2.67. The zero-order chi connectivity index (χ0) is 12.1. The summed E-state index contributed by atoms with van der Waals surface area (Å²) in [7, 11) is 0. The van der Waals surface area contributed by atoms with Gasteiger partial charge in [0, 0.05) is 16.5 Å². The topological polar surface area (TPSA) is 62.2 Å². The molecule has 1 amide bonds. The van der Waals surface area contributed by atoms with Gasteiger partial charge in [0.05, 0.1) is 5.75 Å². The lowest BCUT2D eigenvalue weighted by molar-refractivity contribution is -0.113. The number of aromatic nitrogens is 1. The molecule has 17 heavy (non-hydrogen) atoms. The third-order valence-electron chi connectivity index (χ3n) is 1.90. The summed E-state index contributed by atoms with van der Waals surface area (Å²) in [6.45, 7) is 0. The standard InChI is InChI=1S/C11H10N2O2S2/c14-8-3-1-2-4-9(8)17-7-10(15)13-11-12-5-6-16-11/h1-6,14H,7H2,(H,12,13,15). The normalized spacial score (nSPS) is 10.1. The van der Waals surface area contributed by atoms with E-state index in [1.165, 1.54) is 23.1 Å². The molecule has 2 rings (SSSR count). The fourth-order valence-corrected chi connectivity index (χ4v) is 2.46. The summed E-state index contributed by atoms with van der Waals surface area (Å²) in [6, 6.07) is 6.94. The Morgan fingerprint density at radius 2 is 2.29 bits per heavy atom. The number of hydrogen-bond donors (Lipinski definition) is 2. The van der Waals surface area contributed by atoms with E-state index < -0.39 is 0 Å². The van der Waals surface area contributed by atoms with E-state index in [0.29, 0.717) is 10.0 Å². The lowest BCUT2D eigenvalue weighted by Crippen LogP contribution is -2.13. The second kappa shape index (κ2) is 5.70. The van der Waals surface area contributed by atoms with Gasteiger partial charge in [0.15, 0.2) is 5.13 Å². The molecular weight excluding hydrogens is 256 g/mol. The van der Waals surface area contributed by atoms with Crippen LogP contribution in [0, 0.1) is 0 Å². The zero-order valence-electron chi connectivity index (χ0n) is 8.79. The van der Waals surface area contributed by atoms with Gasteiger partial charge in [0.25, 0.3) is 0 Å². The van der Waals surface area contributed by atoms with Crippen molar-refractivity contribution < 1.29 is 9.90 Å². The number of benzene rings is 1. The molecule has 0 radical (unpaired) electrons. The lowest BCUT2D eigenvalue weighted by Gasteiger charge is -2.03. The number of aromatic hydroxyl groups is 1. The molecule has 2 N–H and O–H groups in total. The van der Waals surface area contributed by atoms with Crippen LogP contribution in [0.3, 0.4) is 0 Å². The number of carbonyl (C=O) groups excluding carboxylic acids is 1. The number of phenols is 1. The summed E-state index contributed by atoms with van der Waals surface area (Å²) < 4.78 is 0. The predicted octanol–water partition coefficient (Wildman–Crippen LogP) is 2.58. The molecular formula is C11H10N2O2S2. The van der Waals surface area contributed by atoms with Crippen molar-refractivity contribution in [2.45, 2.75) is 4.90 Å². The van der Waals surface area contributed by atoms with Crippen LogP contribution in [0.4, 0.5) is 5.13 Å². The van der Waals surface area contributed by atoms with E-state index in [-0.39, 0.29) is 17.4 Å². The van der Waals surface area contributed by atoms with Crippen LogP contribution in [0.1, 0.15) is 0 Å². The maximum Gasteiger partial charge on any atom is 0.236 e. The van der Waals surface area contributed by atoms with Gasteiger partial charge in [0.1, 0.15) is 5.75 Å². The van der Waals surface area contributed by atoms with Gasteiger partial charge in [0.2, 0.25) is 5.91 Å². The van der Waals surface area contributed by atoms with Crippen LogP contribution in [-0.2, 0) is 4.79 Å². The van der Waals surface area contributed by atoms with Crippen LogP contribution >= 0.6 is 23.1 Å². The molecule has 88 valence electrons. The van der Waals surface area contributed by atoms with Crippen LogP contribution in [0.25, 0.3) is 0 Å². The molecule has 1 heterocycles. The first-order valence-corrected chi connectivity index (χ1v) is 6.72. The first-order valence-electron chi connectivity index (χ1n) is 4.86. The zero-order valence-corrected chi connectivity index (χ0v) is 10.4. The number of para-hydroxylation sites is 1. The van der Waals surface area contributed by atoms with E-state index in [2.05, 4.69) is 10.3 Å². The summed E-state index contributed by atoms with van der Waals surface area (Å²) in [5, 5.41) is 14.6. The SMILES string of the molecule is O=C(CSc1ccccc1O)Nc1nccs1. The average Bonchev–Trinajstić information content (AvgIpc) is 2.81. The highest BCUT2D eigenvalue weighted by molar-refractivity contribution is 8.00. The number of thioether (sulfide) groups is 1. The Hall–Kier alpha value is -1.53. The summed E-state index contributed by atoms with van der Waals surface area (Å²) in [4.78, 5) is 16.2. The highest BCUT2D eigenvalue weighted by atomic mass is 32.2. The minimum atomic E-state index is -0.131. The van der Waals surface area contributed by atoms with Gasteiger partial charge in [-0.1, -0.05) is 12.1 Å². The number of anilines is 1. The number of nitrogens with zero attached hydrogens (tertiary/aromatic N) is 1. The second-order valence-electron chi connectivity index (χ2n) is 3.14. The third kappa shape index (κ3) is 3.47. The van der Waals surface area contributed by atoms with Crippen molar-refractivity contribution in [2.75, 3.05) is 11.1 Å². The van der Waals surface area contributed by atoms with Crippen molar-refractivity contribution in [1.82, 2.24) is 4.98 Å². The number of nitrogens with one attached hydrogen (secondary N) is 1. The van der Waals surface area contributed by atoms with Gasteiger partial charge in [-0.15, -0.1) is 23.1 Å². The molecule has 0 aliphatic rings. The predicted molar refractivity (Wildman–Crippen MR) is 69.6 cm³/mol. The summed E-state index contributed by atoms with van der Waals surface area (Å²) in [6.07, 6.45) is 1.64. The molecule has 0 saturated heterocycles. The van der Waals surface area contributed by atoms with Gasteiger partial charge in [-0.3, -0.25) is 4.79 Å². The maximum atomic E-state index is 11.5. The molecule has 0 fully saturated rings. The Balaban J connectivity index is 1.86. The van der Waals surface area contributed by atoms with Gasteiger partial charge in [-0.05, 0) is 12.1 Å². The second-order valence-corrected chi connectivity index (χ2v) is 5.05. The van der Waals surface area contributed by atoms with Gasteiger partial charge < -0.3 is 10.4 Å². The molecule has 0 aliphatic heterocycles. The van der Waals surface area contributed by atoms with Crippen LogP contribution in [0.5, 0.6) is 5.75 Å². The minimum absolute atomic E-state index is 0.131. The van der Waals surface area contributed by atoms with Crippen molar-refractivity contribution in [2.24, 2.45) is 0 Å². The van der Waals surface area contributed by atoms with E-state index in [0.717, 1.165) is 0 Å². The first kappa shape index (κ1) is 11.9. The van der Waals surface area contributed by atoms with Crippen LogP contribution < -0.4 is 5.32 Å². The maximum absolute atomic E-state index is 11.5. The Morgan fingerprint density at radius 3 is 3.00 bits per heavy atom. The number of thiazole rings is 1. The molecule has 0 aliphatic carbocycles. The third-order valence-corrected chi connectivity index (χ3v) is 3.65. The van der Waals surface area contributed by atoms with Crippen molar-refractivity contribution in [3.05, 3.63) is 35.8 Å². The minimum Gasteiger partial charge on any atom is -0.507 e. The fraction of sp³-hybridized carbons (Fsp3) is 0.0909. The number of carbonyl (C=O) groups is 1. The van der Waals surface area contributed by atoms with E-state index in [1.54, 1.807) is 29.8 Å². The number of hydrogen-bond acceptors (Lipinski definition) is 5. The molecule has 1 aromatic carbocycles. The van der Waals surface area contributed by atoms with Gasteiger partial charge in [-0.25, -0.2) is 4.98 Å².